The van der Waals surface area contributed by atoms with Crippen molar-refractivity contribution in [3.8, 4) is 5.75 Å². The number of benzene rings is 1. The molecule has 0 fully saturated rings. The first-order valence-corrected chi connectivity index (χ1v) is 9.46. The molecule has 0 saturated carbocycles. The van der Waals surface area contributed by atoms with E-state index in [1.807, 2.05) is 0 Å². The van der Waals surface area contributed by atoms with Crippen molar-refractivity contribution in [2.75, 3.05) is 20.3 Å². The Hall–Kier alpha value is -1.01. The van der Waals surface area contributed by atoms with E-state index in [1.165, 1.54) is 12.1 Å². The van der Waals surface area contributed by atoms with E-state index in [9.17, 15) is 9.59 Å². The van der Waals surface area contributed by atoms with E-state index in [4.69, 9.17) is 49.0 Å². The molecule has 0 saturated heterocycles. The molecule has 0 aliphatic carbocycles. The van der Waals surface area contributed by atoms with E-state index in [1.54, 1.807) is 7.11 Å². The largest absolute Gasteiger partial charge is 0.466 e. The highest BCUT2D eigenvalue weighted by molar-refractivity contribution is 6.40. The van der Waals surface area contributed by atoms with Crippen LogP contribution >= 0.6 is 34.8 Å². The SMILES string of the molecule is COCCC(C)CCOC(=O)CCCC(=O)Oc1c(Cl)cc(Cl)cc1Cl. The highest BCUT2D eigenvalue weighted by atomic mass is 35.5. The monoisotopic (exact) mass is 424 g/mol. The molecule has 1 aromatic rings. The first-order chi connectivity index (χ1) is 12.3. The van der Waals surface area contributed by atoms with Crippen molar-refractivity contribution in [3.05, 3.63) is 27.2 Å². The third-order valence-corrected chi connectivity index (χ3v) is 4.41. The van der Waals surface area contributed by atoms with Crippen molar-refractivity contribution in [1.29, 1.82) is 0 Å². The fourth-order valence-electron chi connectivity index (χ4n) is 2.08. The summed E-state index contributed by atoms with van der Waals surface area (Å²) in [6.07, 6.45) is 2.22. The van der Waals surface area contributed by atoms with Crippen molar-refractivity contribution >= 4 is 46.7 Å². The average Bonchev–Trinajstić information content (AvgIpc) is 2.56. The summed E-state index contributed by atoms with van der Waals surface area (Å²) < 4.78 is 15.3. The van der Waals surface area contributed by atoms with Gasteiger partial charge in [-0.05, 0) is 37.3 Å². The van der Waals surface area contributed by atoms with E-state index in [0.717, 1.165) is 12.8 Å². The van der Waals surface area contributed by atoms with Gasteiger partial charge in [-0.3, -0.25) is 9.59 Å². The van der Waals surface area contributed by atoms with Crippen molar-refractivity contribution in [1.82, 2.24) is 0 Å². The maximum Gasteiger partial charge on any atom is 0.311 e. The molecule has 0 spiro atoms. The van der Waals surface area contributed by atoms with Gasteiger partial charge in [-0.25, -0.2) is 0 Å². The predicted octanol–water partition coefficient (Wildman–Crippen LogP) is 5.33. The molecule has 0 aromatic heterocycles. The van der Waals surface area contributed by atoms with Crippen molar-refractivity contribution in [3.63, 3.8) is 0 Å². The van der Waals surface area contributed by atoms with Crippen LogP contribution in [-0.4, -0.2) is 32.3 Å². The van der Waals surface area contributed by atoms with Crippen LogP contribution in [0, 0.1) is 5.92 Å². The number of carbonyl (C=O) groups is 2. The highest BCUT2D eigenvalue weighted by Crippen LogP contribution is 2.36. The number of halogens is 3. The normalized spacial score (nSPS) is 11.9. The first-order valence-electron chi connectivity index (χ1n) is 8.33. The van der Waals surface area contributed by atoms with Gasteiger partial charge >= 0.3 is 11.9 Å². The molecule has 0 aliphatic rings. The quantitative estimate of drug-likeness (QED) is 0.354. The molecule has 0 radical (unpaired) electrons. The summed E-state index contributed by atoms with van der Waals surface area (Å²) in [7, 11) is 1.66. The van der Waals surface area contributed by atoms with Crippen molar-refractivity contribution in [2.24, 2.45) is 5.92 Å². The van der Waals surface area contributed by atoms with Crippen LogP contribution in [-0.2, 0) is 19.1 Å². The number of esters is 2. The minimum Gasteiger partial charge on any atom is -0.466 e. The highest BCUT2D eigenvalue weighted by Gasteiger charge is 2.14. The van der Waals surface area contributed by atoms with Gasteiger partial charge in [0.1, 0.15) is 0 Å². The molecule has 0 bridgehead atoms. The fraction of sp³-hybridized carbons (Fsp3) is 0.556. The Labute approximate surface area is 168 Å². The van der Waals surface area contributed by atoms with Gasteiger partial charge in [0.15, 0.2) is 5.75 Å². The molecule has 1 rings (SSSR count). The summed E-state index contributed by atoms with van der Waals surface area (Å²) in [5.74, 6) is -0.377. The van der Waals surface area contributed by atoms with Gasteiger partial charge in [-0.2, -0.15) is 0 Å². The number of hydrogen-bond acceptors (Lipinski definition) is 5. The van der Waals surface area contributed by atoms with Gasteiger partial charge in [0.05, 0.1) is 16.7 Å². The van der Waals surface area contributed by atoms with E-state index >= 15 is 0 Å². The summed E-state index contributed by atoms with van der Waals surface area (Å²) in [5, 5.41) is 0.648. The summed E-state index contributed by atoms with van der Waals surface area (Å²) in [5.41, 5.74) is 0. The minimum absolute atomic E-state index is 0.0502. The van der Waals surface area contributed by atoms with Crippen molar-refractivity contribution < 1.29 is 23.8 Å². The molecule has 0 N–H and O–H groups in total. The second kappa shape index (κ2) is 12.4. The number of methoxy groups -OCH3 is 1. The first kappa shape index (κ1) is 23.0. The molecule has 0 amide bonds. The van der Waals surface area contributed by atoms with E-state index in [0.29, 0.717) is 30.6 Å². The zero-order chi connectivity index (χ0) is 19.5. The lowest BCUT2D eigenvalue weighted by molar-refractivity contribution is -0.144. The molecule has 0 heterocycles. The Balaban J connectivity index is 2.24. The summed E-state index contributed by atoms with van der Waals surface area (Å²) in [4.78, 5) is 23.5. The van der Waals surface area contributed by atoms with Crippen LogP contribution in [0.5, 0.6) is 5.75 Å². The van der Waals surface area contributed by atoms with Crippen LogP contribution < -0.4 is 4.74 Å². The summed E-state index contributed by atoms with van der Waals surface area (Å²) in [6, 6.07) is 2.87. The van der Waals surface area contributed by atoms with Gasteiger partial charge < -0.3 is 14.2 Å². The van der Waals surface area contributed by atoms with Crippen LogP contribution in [0.1, 0.15) is 39.0 Å². The maximum absolute atomic E-state index is 11.9. The second-order valence-corrected chi connectivity index (χ2v) is 7.17. The summed E-state index contributed by atoms with van der Waals surface area (Å²) in [6.45, 7) is 3.14. The Morgan fingerprint density at radius 3 is 2.19 bits per heavy atom. The number of rotatable bonds is 11. The summed E-state index contributed by atoms with van der Waals surface area (Å²) >= 11 is 17.7. The number of hydrogen-bond donors (Lipinski definition) is 0. The minimum atomic E-state index is -0.530. The predicted molar refractivity (Wildman–Crippen MR) is 102 cm³/mol. The van der Waals surface area contributed by atoms with Crippen LogP contribution in [0.15, 0.2) is 12.1 Å². The Morgan fingerprint density at radius 1 is 1.00 bits per heavy atom. The topological polar surface area (TPSA) is 61.8 Å². The number of carbonyl (C=O) groups excluding carboxylic acids is 2. The van der Waals surface area contributed by atoms with Crippen molar-refractivity contribution in [2.45, 2.75) is 39.0 Å². The Kier molecular flexibility index (Phi) is 11.0. The van der Waals surface area contributed by atoms with Gasteiger partial charge in [0, 0.05) is 31.6 Å². The smallest absolute Gasteiger partial charge is 0.311 e. The van der Waals surface area contributed by atoms with Gasteiger partial charge in [-0.15, -0.1) is 0 Å². The molecule has 8 heteroatoms. The zero-order valence-electron chi connectivity index (χ0n) is 14.9. The molecule has 26 heavy (non-hydrogen) atoms. The molecule has 1 atom stereocenters. The molecule has 1 aromatic carbocycles. The maximum atomic E-state index is 11.9. The zero-order valence-corrected chi connectivity index (χ0v) is 17.1. The van der Waals surface area contributed by atoms with Crippen LogP contribution in [0.4, 0.5) is 0 Å². The molecule has 1 unspecified atom stereocenters. The molecule has 146 valence electrons. The molecule has 5 nitrogen and oxygen atoms in total. The second-order valence-electron chi connectivity index (χ2n) is 5.92. The molecule has 0 aliphatic heterocycles. The van der Waals surface area contributed by atoms with E-state index in [-0.39, 0.29) is 34.6 Å². The van der Waals surface area contributed by atoms with Crippen LogP contribution in [0.25, 0.3) is 0 Å². The van der Waals surface area contributed by atoms with Gasteiger partial charge in [-0.1, -0.05) is 41.7 Å². The molecular formula is C18H23Cl3O5. The fourth-order valence-corrected chi connectivity index (χ4v) is 2.97. The van der Waals surface area contributed by atoms with Gasteiger partial charge in [0.2, 0.25) is 0 Å². The lowest BCUT2D eigenvalue weighted by Gasteiger charge is -2.11. The molecular weight excluding hydrogens is 403 g/mol. The van der Waals surface area contributed by atoms with Gasteiger partial charge in [0.25, 0.3) is 0 Å². The lowest BCUT2D eigenvalue weighted by atomic mass is 10.1. The Bertz CT molecular complexity index is 583. The van der Waals surface area contributed by atoms with Crippen LogP contribution in [0.3, 0.4) is 0 Å². The van der Waals surface area contributed by atoms with Crippen LogP contribution in [0.2, 0.25) is 15.1 Å². The van der Waals surface area contributed by atoms with E-state index < -0.39 is 5.97 Å². The third-order valence-electron chi connectivity index (χ3n) is 3.63. The van der Waals surface area contributed by atoms with E-state index in [2.05, 4.69) is 6.92 Å². The Morgan fingerprint density at radius 2 is 1.58 bits per heavy atom. The average molecular weight is 426 g/mol. The standard InChI is InChI=1S/C18H23Cl3O5/c1-12(6-8-24-2)7-9-25-16(22)4-3-5-17(23)26-18-14(20)10-13(19)11-15(18)21/h10-12H,3-9H2,1-2H3. The number of ether oxygens (including phenoxy) is 3. The third kappa shape index (κ3) is 9.08. The lowest BCUT2D eigenvalue weighted by Crippen LogP contribution is -2.12.